The van der Waals surface area contributed by atoms with E-state index in [4.69, 9.17) is 14.2 Å². The van der Waals surface area contributed by atoms with Crippen molar-refractivity contribution >= 4 is 28.7 Å². The van der Waals surface area contributed by atoms with E-state index in [9.17, 15) is 4.79 Å². The van der Waals surface area contributed by atoms with Crippen LogP contribution in [0.2, 0.25) is 0 Å². The molecule has 0 bridgehead atoms. The second kappa shape index (κ2) is 10.8. The Morgan fingerprint density at radius 3 is 2.59 bits per heavy atom. The fraction of sp³-hybridized carbons (Fsp3) is 0.562. The Balaban J connectivity index is 2.70. The summed E-state index contributed by atoms with van der Waals surface area (Å²) in [6, 6.07) is 7.80. The highest BCUT2D eigenvalue weighted by molar-refractivity contribution is 14.1. The maximum Gasteiger partial charge on any atom is 0.409 e. The van der Waals surface area contributed by atoms with E-state index in [1.807, 2.05) is 38.1 Å². The number of nitrogens with one attached hydrogen (secondary N) is 1. The van der Waals surface area contributed by atoms with Crippen LogP contribution in [0.15, 0.2) is 24.3 Å². The lowest BCUT2D eigenvalue weighted by Crippen LogP contribution is -2.32. The zero-order chi connectivity index (χ0) is 16.4. The molecule has 6 heteroatoms. The second-order valence-corrected chi connectivity index (χ2v) is 5.94. The third-order valence-corrected chi connectivity index (χ3v) is 3.91. The van der Waals surface area contributed by atoms with E-state index in [2.05, 4.69) is 27.9 Å². The van der Waals surface area contributed by atoms with Crippen LogP contribution in [0.3, 0.4) is 0 Å². The fourth-order valence-corrected chi connectivity index (χ4v) is 2.48. The summed E-state index contributed by atoms with van der Waals surface area (Å²) in [4.78, 5) is 11.7. The van der Waals surface area contributed by atoms with Crippen molar-refractivity contribution in [2.24, 2.45) is 0 Å². The molecule has 0 saturated heterocycles. The standard InChI is InChI=1S/C16H24INO4/c1-4-8-14(22-16(19)18-11-5-2)21-15(20-3)12-9-6-7-10-13(12)17/h6-7,9-10,14-15H,4-5,8,11H2,1-3H3,(H,18,19)/t14-,15-/m0/s1. The van der Waals surface area contributed by atoms with Crippen LogP contribution in [-0.4, -0.2) is 26.0 Å². The van der Waals surface area contributed by atoms with E-state index in [-0.39, 0.29) is 0 Å². The molecule has 124 valence electrons. The van der Waals surface area contributed by atoms with E-state index < -0.39 is 18.7 Å². The van der Waals surface area contributed by atoms with Gasteiger partial charge in [0.2, 0.25) is 6.29 Å². The minimum absolute atomic E-state index is 0.460. The largest absolute Gasteiger partial charge is 0.420 e. The SMILES string of the molecule is CCCNC(=O)O[C@@H](CCC)O[C@H](OC)c1ccccc1I. The monoisotopic (exact) mass is 421 g/mol. The number of methoxy groups -OCH3 is 1. The molecule has 22 heavy (non-hydrogen) atoms. The van der Waals surface area contributed by atoms with E-state index >= 15 is 0 Å². The van der Waals surface area contributed by atoms with Crippen LogP contribution in [0.5, 0.6) is 0 Å². The maximum absolute atomic E-state index is 11.7. The van der Waals surface area contributed by atoms with Crippen molar-refractivity contribution in [1.29, 1.82) is 0 Å². The van der Waals surface area contributed by atoms with Gasteiger partial charge in [-0.2, -0.15) is 0 Å². The Bertz CT molecular complexity index is 456. The van der Waals surface area contributed by atoms with Crippen molar-refractivity contribution in [2.75, 3.05) is 13.7 Å². The van der Waals surface area contributed by atoms with Crippen LogP contribution < -0.4 is 5.32 Å². The van der Waals surface area contributed by atoms with Gasteiger partial charge in [-0.3, -0.25) is 0 Å². The van der Waals surface area contributed by atoms with Gasteiger partial charge in [0.05, 0.1) is 0 Å². The summed E-state index contributed by atoms with van der Waals surface area (Å²) in [7, 11) is 1.58. The van der Waals surface area contributed by atoms with Gasteiger partial charge in [0.15, 0.2) is 6.29 Å². The van der Waals surface area contributed by atoms with Crippen LogP contribution in [0.4, 0.5) is 4.79 Å². The molecule has 0 radical (unpaired) electrons. The molecule has 0 heterocycles. The highest BCUT2D eigenvalue weighted by Crippen LogP contribution is 2.26. The van der Waals surface area contributed by atoms with Gasteiger partial charge in [-0.1, -0.05) is 38.5 Å². The van der Waals surface area contributed by atoms with Crippen molar-refractivity contribution in [3.05, 3.63) is 33.4 Å². The first kappa shape index (κ1) is 19.2. The Hall–Kier alpha value is -0.860. The third-order valence-electron chi connectivity index (χ3n) is 2.93. The van der Waals surface area contributed by atoms with Crippen LogP contribution in [-0.2, 0) is 14.2 Å². The first-order chi connectivity index (χ1) is 10.6. The molecular formula is C16H24INO4. The summed E-state index contributed by atoms with van der Waals surface area (Å²) >= 11 is 2.23. The van der Waals surface area contributed by atoms with Crippen LogP contribution in [0.1, 0.15) is 45.0 Å². The summed E-state index contributed by atoms with van der Waals surface area (Å²) in [6.07, 6.45) is 0.651. The van der Waals surface area contributed by atoms with Gasteiger partial charge in [-0.25, -0.2) is 4.79 Å². The molecule has 1 amide bonds. The first-order valence-corrected chi connectivity index (χ1v) is 8.57. The van der Waals surface area contributed by atoms with Crippen molar-refractivity contribution in [1.82, 2.24) is 5.32 Å². The average Bonchev–Trinajstić information content (AvgIpc) is 2.51. The van der Waals surface area contributed by atoms with E-state index in [1.165, 1.54) is 0 Å². The van der Waals surface area contributed by atoms with Gasteiger partial charge in [-0.15, -0.1) is 0 Å². The lowest BCUT2D eigenvalue weighted by Gasteiger charge is -2.24. The molecule has 1 rings (SSSR count). The minimum atomic E-state index is -0.636. The molecule has 0 spiro atoms. The van der Waals surface area contributed by atoms with E-state index in [1.54, 1.807) is 7.11 Å². The number of benzene rings is 1. The summed E-state index contributed by atoms with van der Waals surface area (Å²) in [6.45, 7) is 4.58. The number of hydrogen-bond donors (Lipinski definition) is 1. The Morgan fingerprint density at radius 1 is 1.27 bits per heavy atom. The molecule has 1 aromatic rings. The number of amides is 1. The van der Waals surface area contributed by atoms with Crippen molar-refractivity contribution < 1.29 is 19.0 Å². The average molecular weight is 421 g/mol. The molecule has 5 nitrogen and oxygen atoms in total. The van der Waals surface area contributed by atoms with Crippen molar-refractivity contribution in [3.8, 4) is 0 Å². The molecule has 2 atom stereocenters. The zero-order valence-corrected chi connectivity index (χ0v) is 15.5. The number of rotatable bonds is 9. The molecule has 1 N–H and O–H groups in total. The molecule has 0 unspecified atom stereocenters. The summed E-state index contributed by atoms with van der Waals surface area (Å²) < 4.78 is 17.6. The molecular weight excluding hydrogens is 397 g/mol. The summed E-state index contributed by atoms with van der Waals surface area (Å²) in [5.41, 5.74) is 0.921. The third kappa shape index (κ3) is 6.50. The fourth-order valence-electron chi connectivity index (χ4n) is 1.84. The highest BCUT2D eigenvalue weighted by Gasteiger charge is 2.22. The Labute approximate surface area is 145 Å². The van der Waals surface area contributed by atoms with Gasteiger partial charge >= 0.3 is 6.09 Å². The molecule has 0 aliphatic heterocycles. The van der Waals surface area contributed by atoms with Gasteiger partial charge in [-0.05, 0) is 35.1 Å². The predicted octanol–water partition coefficient (Wildman–Crippen LogP) is 4.22. The number of alkyl carbamates (subject to hydrolysis) is 1. The van der Waals surface area contributed by atoms with Crippen LogP contribution in [0.25, 0.3) is 0 Å². The van der Waals surface area contributed by atoms with Gasteiger partial charge < -0.3 is 19.5 Å². The predicted molar refractivity (Wildman–Crippen MR) is 93.5 cm³/mol. The summed E-state index contributed by atoms with van der Waals surface area (Å²) in [5.74, 6) is 0. The van der Waals surface area contributed by atoms with Gasteiger partial charge in [0.25, 0.3) is 0 Å². The minimum Gasteiger partial charge on any atom is -0.420 e. The van der Waals surface area contributed by atoms with Crippen molar-refractivity contribution in [2.45, 2.75) is 45.7 Å². The molecule has 0 aromatic heterocycles. The smallest absolute Gasteiger partial charge is 0.409 e. The van der Waals surface area contributed by atoms with Crippen molar-refractivity contribution in [3.63, 3.8) is 0 Å². The number of ether oxygens (including phenoxy) is 3. The van der Waals surface area contributed by atoms with Gasteiger partial charge in [0, 0.05) is 29.2 Å². The lowest BCUT2D eigenvalue weighted by atomic mass is 10.2. The van der Waals surface area contributed by atoms with Crippen LogP contribution in [0, 0.1) is 3.57 Å². The topological polar surface area (TPSA) is 56.8 Å². The quantitative estimate of drug-likeness (QED) is 0.480. The van der Waals surface area contributed by atoms with E-state index in [0.29, 0.717) is 13.0 Å². The Morgan fingerprint density at radius 2 is 2.00 bits per heavy atom. The Kier molecular flexibility index (Phi) is 9.42. The van der Waals surface area contributed by atoms with E-state index in [0.717, 1.165) is 22.0 Å². The normalized spacial score (nSPS) is 13.5. The number of carbonyl (C=O) groups is 1. The second-order valence-electron chi connectivity index (χ2n) is 4.78. The number of hydrogen-bond acceptors (Lipinski definition) is 4. The van der Waals surface area contributed by atoms with Gasteiger partial charge in [0.1, 0.15) is 0 Å². The lowest BCUT2D eigenvalue weighted by molar-refractivity contribution is -0.224. The first-order valence-electron chi connectivity index (χ1n) is 7.49. The molecule has 0 aliphatic carbocycles. The highest BCUT2D eigenvalue weighted by atomic mass is 127. The zero-order valence-electron chi connectivity index (χ0n) is 13.3. The molecule has 0 aliphatic rings. The number of halogens is 1. The summed E-state index contributed by atoms with van der Waals surface area (Å²) in [5, 5.41) is 2.68. The molecule has 0 fully saturated rings. The molecule has 0 saturated carbocycles. The number of carbonyl (C=O) groups excluding carboxylic acids is 1. The van der Waals surface area contributed by atoms with Crippen LogP contribution >= 0.6 is 22.6 Å². The maximum atomic E-state index is 11.7. The molecule has 1 aromatic carbocycles.